The normalized spacial score (nSPS) is 10.5. The first-order valence-corrected chi connectivity index (χ1v) is 7.70. The van der Waals surface area contributed by atoms with Crippen LogP contribution in [0.1, 0.15) is 23.3 Å². The van der Waals surface area contributed by atoms with Crippen LogP contribution in [0.25, 0.3) is 0 Å². The van der Waals surface area contributed by atoms with Gasteiger partial charge in [0.15, 0.2) is 0 Å². The quantitative estimate of drug-likeness (QED) is 0.756. The molecule has 94 valence electrons. The standard InChI is InChI=1S/C15H15BrOS/c16-13-8-6-12(7-9-13)11-14(17)3-1-4-15-5-2-10-18-15/h2,5-10H,1,3-4,11H2. The van der Waals surface area contributed by atoms with Gasteiger partial charge in [-0.1, -0.05) is 34.1 Å². The van der Waals surface area contributed by atoms with E-state index in [1.807, 2.05) is 24.3 Å². The topological polar surface area (TPSA) is 17.1 Å². The molecule has 2 rings (SSSR count). The van der Waals surface area contributed by atoms with E-state index in [2.05, 4.69) is 33.4 Å². The summed E-state index contributed by atoms with van der Waals surface area (Å²) in [4.78, 5) is 13.2. The third-order valence-electron chi connectivity index (χ3n) is 2.77. The summed E-state index contributed by atoms with van der Waals surface area (Å²) in [6.45, 7) is 0. The lowest BCUT2D eigenvalue weighted by Crippen LogP contribution is -2.02. The van der Waals surface area contributed by atoms with Gasteiger partial charge in [0.25, 0.3) is 0 Å². The third-order valence-corrected chi connectivity index (χ3v) is 4.24. The number of rotatable bonds is 6. The molecule has 0 radical (unpaired) electrons. The number of halogens is 1. The minimum Gasteiger partial charge on any atom is -0.299 e. The number of Topliss-reactive ketones (excluding diaryl/α,β-unsaturated/α-hetero) is 1. The van der Waals surface area contributed by atoms with Crippen LogP contribution >= 0.6 is 27.3 Å². The van der Waals surface area contributed by atoms with E-state index < -0.39 is 0 Å². The lowest BCUT2D eigenvalue weighted by molar-refractivity contribution is -0.118. The highest BCUT2D eigenvalue weighted by Crippen LogP contribution is 2.14. The van der Waals surface area contributed by atoms with E-state index in [0.29, 0.717) is 18.6 Å². The molecule has 0 aliphatic rings. The maximum Gasteiger partial charge on any atom is 0.137 e. The Morgan fingerprint density at radius 2 is 1.94 bits per heavy atom. The summed E-state index contributed by atoms with van der Waals surface area (Å²) in [5.74, 6) is 0.328. The van der Waals surface area contributed by atoms with E-state index in [0.717, 1.165) is 22.9 Å². The molecule has 18 heavy (non-hydrogen) atoms. The molecule has 1 nitrogen and oxygen atoms in total. The van der Waals surface area contributed by atoms with Crippen molar-refractivity contribution in [2.75, 3.05) is 0 Å². The maximum absolute atomic E-state index is 11.8. The molecule has 0 N–H and O–H groups in total. The van der Waals surface area contributed by atoms with Crippen molar-refractivity contribution in [3.8, 4) is 0 Å². The minimum atomic E-state index is 0.328. The lowest BCUT2D eigenvalue weighted by atomic mass is 10.0. The molecule has 0 spiro atoms. The smallest absolute Gasteiger partial charge is 0.137 e. The number of carbonyl (C=O) groups is 1. The van der Waals surface area contributed by atoms with Gasteiger partial charge in [0.2, 0.25) is 0 Å². The third kappa shape index (κ3) is 4.39. The predicted molar refractivity (Wildman–Crippen MR) is 80.1 cm³/mol. The zero-order chi connectivity index (χ0) is 12.8. The maximum atomic E-state index is 11.8. The van der Waals surface area contributed by atoms with E-state index in [1.165, 1.54) is 4.88 Å². The summed E-state index contributed by atoms with van der Waals surface area (Å²) >= 11 is 5.16. The van der Waals surface area contributed by atoms with Crippen molar-refractivity contribution < 1.29 is 4.79 Å². The highest BCUT2D eigenvalue weighted by Gasteiger charge is 2.04. The minimum absolute atomic E-state index is 0.328. The van der Waals surface area contributed by atoms with Gasteiger partial charge < -0.3 is 0 Å². The fourth-order valence-electron chi connectivity index (χ4n) is 1.83. The number of hydrogen-bond donors (Lipinski definition) is 0. The SMILES string of the molecule is O=C(CCCc1cccs1)Cc1ccc(Br)cc1. The number of hydrogen-bond acceptors (Lipinski definition) is 2. The van der Waals surface area contributed by atoms with Crippen molar-refractivity contribution in [3.05, 3.63) is 56.7 Å². The average molecular weight is 323 g/mol. The van der Waals surface area contributed by atoms with E-state index in [-0.39, 0.29) is 0 Å². The van der Waals surface area contributed by atoms with Gasteiger partial charge in [0, 0.05) is 22.2 Å². The molecule has 0 bridgehead atoms. The van der Waals surface area contributed by atoms with Crippen LogP contribution in [0.3, 0.4) is 0 Å². The van der Waals surface area contributed by atoms with Crippen LogP contribution in [-0.4, -0.2) is 5.78 Å². The summed E-state index contributed by atoms with van der Waals surface area (Å²) in [5, 5.41) is 2.08. The average Bonchev–Trinajstić information content (AvgIpc) is 2.85. The van der Waals surface area contributed by atoms with E-state index in [1.54, 1.807) is 11.3 Å². The Morgan fingerprint density at radius 1 is 1.17 bits per heavy atom. The molecule has 1 heterocycles. The molecule has 0 aliphatic carbocycles. The Hall–Kier alpha value is -0.930. The summed E-state index contributed by atoms with van der Waals surface area (Å²) < 4.78 is 1.05. The molecule has 2 aromatic rings. The Kier molecular flexibility index (Phi) is 5.14. The molecule has 0 atom stereocenters. The highest BCUT2D eigenvalue weighted by atomic mass is 79.9. The fourth-order valence-corrected chi connectivity index (χ4v) is 2.85. The summed E-state index contributed by atoms with van der Waals surface area (Å²) in [7, 11) is 0. The van der Waals surface area contributed by atoms with Crippen LogP contribution in [0.2, 0.25) is 0 Å². The van der Waals surface area contributed by atoms with Crippen molar-refractivity contribution >= 4 is 33.0 Å². The first-order valence-electron chi connectivity index (χ1n) is 6.02. The highest BCUT2D eigenvalue weighted by molar-refractivity contribution is 9.10. The second-order valence-corrected chi connectivity index (χ2v) is 6.22. The first kappa shape index (κ1) is 13.5. The van der Waals surface area contributed by atoms with E-state index >= 15 is 0 Å². The Labute approximate surface area is 120 Å². The first-order chi connectivity index (χ1) is 8.74. The molecule has 0 saturated heterocycles. The lowest BCUT2D eigenvalue weighted by Gasteiger charge is -2.01. The summed E-state index contributed by atoms with van der Waals surface area (Å²) in [5.41, 5.74) is 1.10. The van der Waals surface area contributed by atoms with Gasteiger partial charge in [0.05, 0.1) is 0 Å². The number of aryl methyl sites for hydroxylation is 1. The summed E-state index contributed by atoms with van der Waals surface area (Å²) in [6, 6.07) is 12.2. The van der Waals surface area contributed by atoms with Gasteiger partial charge in [-0.25, -0.2) is 0 Å². The Bertz CT molecular complexity index is 488. The number of benzene rings is 1. The molecule has 0 aliphatic heterocycles. The van der Waals surface area contributed by atoms with Crippen LogP contribution < -0.4 is 0 Å². The van der Waals surface area contributed by atoms with Crippen molar-refractivity contribution in [2.24, 2.45) is 0 Å². The van der Waals surface area contributed by atoms with Gasteiger partial charge >= 0.3 is 0 Å². The molecule has 0 unspecified atom stereocenters. The van der Waals surface area contributed by atoms with Crippen LogP contribution in [-0.2, 0) is 17.6 Å². The largest absolute Gasteiger partial charge is 0.299 e. The van der Waals surface area contributed by atoms with Crippen LogP contribution in [0.4, 0.5) is 0 Å². The molecule has 1 aromatic carbocycles. The zero-order valence-corrected chi connectivity index (χ0v) is 12.5. The monoisotopic (exact) mass is 322 g/mol. The van der Waals surface area contributed by atoms with Gasteiger partial charge in [-0.2, -0.15) is 0 Å². The number of carbonyl (C=O) groups excluding carboxylic acids is 1. The second kappa shape index (κ2) is 6.86. The Morgan fingerprint density at radius 3 is 2.61 bits per heavy atom. The molecule has 3 heteroatoms. The van der Waals surface area contributed by atoms with E-state index in [9.17, 15) is 4.79 Å². The van der Waals surface area contributed by atoms with Crippen molar-refractivity contribution in [3.63, 3.8) is 0 Å². The molecule has 0 saturated carbocycles. The Balaban J connectivity index is 1.73. The number of thiophene rings is 1. The van der Waals surface area contributed by atoms with Gasteiger partial charge in [-0.15, -0.1) is 11.3 Å². The van der Waals surface area contributed by atoms with Crippen molar-refractivity contribution in [2.45, 2.75) is 25.7 Å². The van der Waals surface area contributed by atoms with Crippen molar-refractivity contribution in [1.29, 1.82) is 0 Å². The molecule has 0 amide bonds. The van der Waals surface area contributed by atoms with Crippen LogP contribution in [0.5, 0.6) is 0 Å². The molecule has 0 fully saturated rings. The van der Waals surface area contributed by atoms with Gasteiger partial charge in [-0.05, 0) is 42.0 Å². The second-order valence-electron chi connectivity index (χ2n) is 4.27. The zero-order valence-electron chi connectivity index (χ0n) is 10.1. The summed E-state index contributed by atoms with van der Waals surface area (Å²) in [6.07, 6.45) is 3.20. The van der Waals surface area contributed by atoms with Crippen molar-refractivity contribution in [1.82, 2.24) is 0 Å². The number of ketones is 1. The van der Waals surface area contributed by atoms with Crippen LogP contribution in [0.15, 0.2) is 46.3 Å². The van der Waals surface area contributed by atoms with E-state index in [4.69, 9.17) is 0 Å². The predicted octanol–water partition coefficient (Wildman–Crippen LogP) is 4.65. The van der Waals surface area contributed by atoms with Gasteiger partial charge in [0.1, 0.15) is 5.78 Å². The molecular formula is C15H15BrOS. The van der Waals surface area contributed by atoms with Crippen LogP contribution in [0, 0.1) is 0 Å². The fraction of sp³-hybridized carbons (Fsp3) is 0.267. The molecule has 1 aromatic heterocycles. The van der Waals surface area contributed by atoms with Gasteiger partial charge in [-0.3, -0.25) is 4.79 Å². The molecular weight excluding hydrogens is 308 g/mol.